The van der Waals surface area contributed by atoms with Crippen LogP contribution in [0, 0.1) is 0 Å². The van der Waals surface area contributed by atoms with Gasteiger partial charge in [0, 0.05) is 22.3 Å². The fraction of sp³-hybridized carbons (Fsp3) is 0.111. The van der Waals surface area contributed by atoms with Crippen LogP contribution < -0.4 is 5.32 Å². The van der Waals surface area contributed by atoms with Crippen LogP contribution >= 0.6 is 11.6 Å². The van der Waals surface area contributed by atoms with E-state index in [2.05, 4.69) is 4.98 Å². The highest BCUT2D eigenvalue weighted by atomic mass is 35.5. The van der Waals surface area contributed by atoms with Gasteiger partial charge in [-0.05, 0) is 30.3 Å². The zero-order valence-corrected chi connectivity index (χ0v) is 13.9. The van der Waals surface area contributed by atoms with Gasteiger partial charge in [-0.2, -0.15) is 13.2 Å². The first-order valence-corrected chi connectivity index (χ1v) is 7.86. The molecule has 3 aromatic rings. The standard InChI is InChI=1S/C18H12ClF3N2O2/c19-13-5-3-11(4-6-13)16-14(15-2-1-7-26-15)8-12(9-23-16)17(25)24-10-18(20,21)22/h1-9H,10H2,(H,24,25). The zero-order valence-electron chi connectivity index (χ0n) is 13.2. The molecule has 3 rings (SSSR count). The van der Waals surface area contributed by atoms with Gasteiger partial charge < -0.3 is 9.73 Å². The molecule has 0 spiro atoms. The predicted molar refractivity (Wildman–Crippen MR) is 90.8 cm³/mol. The molecular formula is C18H12ClF3N2O2. The van der Waals surface area contributed by atoms with Crippen LogP contribution in [0.3, 0.4) is 0 Å². The summed E-state index contributed by atoms with van der Waals surface area (Å²) in [7, 11) is 0. The Kier molecular flexibility index (Phi) is 4.99. The lowest BCUT2D eigenvalue weighted by atomic mass is 10.0. The summed E-state index contributed by atoms with van der Waals surface area (Å²) in [6, 6.07) is 11.7. The van der Waals surface area contributed by atoms with Crippen molar-refractivity contribution in [1.29, 1.82) is 0 Å². The number of amides is 1. The lowest BCUT2D eigenvalue weighted by Crippen LogP contribution is -2.33. The van der Waals surface area contributed by atoms with Crippen molar-refractivity contribution in [3.8, 4) is 22.6 Å². The minimum absolute atomic E-state index is 0.00152. The molecule has 0 aliphatic rings. The van der Waals surface area contributed by atoms with Gasteiger partial charge in [-0.1, -0.05) is 23.7 Å². The SMILES string of the molecule is O=C(NCC(F)(F)F)c1cnc(-c2ccc(Cl)cc2)c(-c2ccco2)c1. The summed E-state index contributed by atoms with van der Waals surface area (Å²) in [5.74, 6) is -0.432. The average molecular weight is 381 g/mol. The number of halogens is 4. The first-order chi connectivity index (χ1) is 12.3. The molecular weight excluding hydrogens is 369 g/mol. The third-order valence-corrected chi connectivity index (χ3v) is 3.76. The molecule has 2 heterocycles. The molecule has 0 aliphatic carbocycles. The molecule has 2 aromatic heterocycles. The van der Waals surface area contributed by atoms with Crippen LogP contribution in [0.5, 0.6) is 0 Å². The zero-order chi connectivity index (χ0) is 18.7. The smallest absolute Gasteiger partial charge is 0.405 e. The van der Waals surface area contributed by atoms with E-state index in [1.807, 2.05) is 5.32 Å². The second-order valence-electron chi connectivity index (χ2n) is 5.40. The monoisotopic (exact) mass is 380 g/mol. The van der Waals surface area contributed by atoms with Gasteiger partial charge >= 0.3 is 6.18 Å². The summed E-state index contributed by atoms with van der Waals surface area (Å²) in [4.78, 5) is 16.3. The van der Waals surface area contributed by atoms with E-state index >= 15 is 0 Å². The highest BCUT2D eigenvalue weighted by Gasteiger charge is 2.28. The maximum atomic E-state index is 12.3. The van der Waals surface area contributed by atoms with Crippen LogP contribution in [-0.2, 0) is 0 Å². The van der Waals surface area contributed by atoms with Crippen molar-refractivity contribution in [3.63, 3.8) is 0 Å². The fourth-order valence-electron chi connectivity index (χ4n) is 2.33. The van der Waals surface area contributed by atoms with E-state index in [9.17, 15) is 18.0 Å². The number of carbonyl (C=O) groups excluding carboxylic acids is 1. The summed E-state index contributed by atoms with van der Waals surface area (Å²) in [6.45, 7) is -1.42. The van der Waals surface area contributed by atoms with Gasteiger partial charge in [-0.15, -0.1) is 0 Å². The molecule has 0 saturated carbocycles. The molecule has 0 atom stereocenters. The van der Waals surface area contributed by atoms with Gasteiger partial charge in [0.05, 0.1) is 17.5 Å². The van der Waals surface area contributed by atoms with E-state index in [0.29, 0.717) is 22.0 Å². The van der Waals surface area contributed by atoms with Crippen molar-refractivity contribution >= 4 is 17.5 Å². The van der Waals surface area contributed by atoms with Crippen LogP contribution in [0.4, 0.5) is 13.2 Å². The molecule has 0 bridgehead atoms. The Morgan fingerprint density at radius 2 is 1.92 bits per heavy atom. The molecule has 0 fully saturated rings. The van der Waals surface area contributed by atoms with E-state index in [4.69, 9.17) is 16.0 Å². The number of rotatable bonds is 4. The number of hydrogen-bond acceptors (Lipinski definition) is 3. The molecule has 0 unspecified atom stereocenters. The number of pyridine rings is 1. The Morgan fingerprint density at radius 1 is 1.19 bits per heavy atom. The van der Waals surface area contributed by atoms with E-state index < -0.39 is 18.6 Å². The second kappa shape index (κ2) is 7.21. The van der Waals surface area contributed by atoms with Crippen LogP contribution in [0.25, 0.3) is 22.6 Å². The average Bonchev–Trinajstić information content (AvgIpc) is 3.14. The van der Waals surface area contributed by atoms with Crippen molar-refractivity contribution in [2.45, 2.75) is 6.18 Å². The molecule has 134 valence electrons. The van der Waals surface area contributed by atoms with Crippen molar-refractivity contribution in [2.75, 3.05) is 6.54 Å². The Morgan fingerprint density at radius 3 is 2.54 bits per heavy atom. The van der Waals surface area contributed by atoms with E-state index in [1.165, 1.54) is 18.5 Å². The van der Waals surface area contributed by atoms with Gasteiger partial charge in [0.15, 0.2) is 0 Å². The number of benzene rings is 1. The minimum atomic E-state index is -4.49. The van der Waals surface area contributed by atoms with E-state index in [1.54, 1.807) is 36.4 Å². The number of nitrogens with one attached hydrogen (secondary N) is 1. The van der Waals surface area contributed by atoms with Crippen LogP contribution in [0.2, 0.25) is 5.02 Å². The lowest BCUT2D eigenvalue weighted by molar-refractivity contribution is -0.123. The lowest BCUT2D eigenvalue weighted by Gasteiger charge is -2.11. The van der Waals surface area contributed by atoms with Crippen LogP contribution in [0.1, 0.15) is 10.4 Å². The first-order valence-electron chi connectivity index (χ1n) is 7.48. The Hall–Kier alpha value is -2.80. The molecule has 0 saturated heterocycles. The third-order valence-electron chi connectivity index (χ3n) is 3.50. The highest BCUT2D eigenvalue weighted by molar-refractivity contribution is 6.30. The number of nitrogens with zero attached hydrogens (tertiary/aromatic N) is 1. The summed E-state index contributed by atoms with van der Waals surface area (Å²) in [6.07, 6.45) is -1.81. The molecule has 26 heavy (non-hydrogen) atoms. The Labute approximate surface area is 151 Å². The quantitative estimate of drug-likeness (QED) is 0.696. The van der Waals surface area contributed by atoms with Gasteiger partial charge in [-0.3, -0.25) is 9.78 Å². The van der Waals surface area contributed by atoms with Gasteiger partial charge in [0.2, 0.25) is 0 Å². The molecule has 0 aliphatic heterocycles. The van der Waals surface area contributed by atoms with Crippen molar-refractivity contribution in [2.24, 2.45) is 0 Å². The Balaban J connectivity index is 1.99. The maximum absolute atomic E-state index is 12.3. The number of alkyl halides is 3. The summed E-state index contributed by atoms with van der Waals surface area (Å²) in [5.41, 5.74) is 1.72. The van der Waals surface area contributed by atoms with Crippen LogP contribution in [0.15, 0.2) is 59.3 Å². The molecule has 0 radical (unpaired) electrons. The minimum Gasteiger partial charge on any atom is -0.464 e. The van der Waals surface area contributed by atoms with Crippen molar-refractivity contribution < 1.29 is 22.4 Å². The van der Waals surface area contributed by atoms with Gasteiger partial charge in [0.1, 0.15) is 12.3 Å². The maximum Gasteiger partial charge on any atom is 0.405 e. The fourth-order valence-corrected chi connectivity index (χ4v) is 2.45. The van der Waals surface area contributed by atoms with E-state index in [-0.39, 0.29) is 5.56 Å². The highest BCUT2D eigenvalue weighted by Crippen LogP contribution is 2.32. The Bertz CT molecular complexity index is 907. The largest absolute Gasteiger partial charge is 0.464 e. The third kappa shape index (κ3) is 4.23. The number of aromatic nitrogens is 1. The summed E-state index contributed by atoms with van der Waals surface area (Å²) < 4.78 is 42.3. The molecule has 4 nitrogen and oxygen atoms in total. The van der Waals surface area contributed by atoms with Crippen molar-refractivity contribution in [3.05, 3.63) is 65.5 Å². The van der Waals surface area contributed by atoms with Crippen LogP contribution in [-0.4, -0.2) is 23.6 Å². The second-order valence-corrected chi connectivity index (χ2v) is 5.84. The molecule has 1 amide bonds. The number of carbonyl (C=O) groups is 1. The van der Waals surface area contributed by atoms with Gasteiger partial charge in [-0.25, -0.2) is 0 Å². The predicted octanol–water partition coefficient (Wildman–Crippen LogP) is 4.95. The number of hydrogen-bond donors (Lipinski definition) is 1. The normalized spacial score (nSPS) is 11.4. The topological polar surface area (TPSA) is 55.1 Å². The summed E-state index contributed by atoms with van der Waals surface area (Å²) in [5, 5.41) is 2.38. The summed E-state index contributed by atoms with van der Waals surface area (Å²) >= 11 is 5.89. The first kappa shape index (κ1) is 18.0. The molecule has 8 heteroatoms. The molecule has 1 N–H and O–H groups in total. The van der Waals surface area contributed by atoms with E-state index in [0.717, 1.165) is 5.56 Å². The van der Waals surface area contributed by atoms with Crippen molar-refractivity contribution in [1.82, 2.24) is 10.3 Å². The number of furan rings is 1. The van der Waals surface area contributed by atoms with Gasteiger partial charge in [0.25, 0.3) is 5.91 Å². The molecule has 1 aromatic carbocycles.